The third kappa shape index (κ3) is 6.47. The van der Waals surface area contributed by atoms with Gasteiger partial charge in [-0.25, -0.2) is 0 Å². The van der Waals surface area contributed by atoms with Crippen molar-refractivity contribution in [2.24, 2.45) is 0 Å². The van der Waals surface area contributed by atoms with Gasteiger partial charge in [-0.15, -0.1) is 0 Å². The first-order valence-electron chi connectivity index (χ1n) is 10.7. The summed E-state index contributed by atoms with van der Waals surface area (Å²) in [4.78, 5) is 40.1. The summed E-state index contributed by atoms with van der Waals surface area (Å²) in [6.07, 6.45) is 0.671. The Morgan fingerprint density at radius 1 is 0.844 bits per heavy atom. The normalized spacial score (nSPS) is 13.8. The number of esters is 1. The van der Waals surface area contributed by atoms with Crippen LogP contribution in [0.2, 0.25) is 0 Å². The van der Waals surface area contributed by atoms with Crippen LogP contribution < -0.4 is 14.2 Å². The first kappa shape index (κ1) is 23.1. The number of benzene rings is 2. The zero-order valence-corrected chi connectivity index (χ0v) is 18.4. The van der Waals surface area contributed by atoms with Gasteiger partial charge in [0.15, 0.2) is 6.61 Å². The summed E-state index contributed by atoms with van der Waals surface area (Å²) in [7, 11) is 0. The molecule has 170 valence electrons. The Morgan fingerprint density at radius 2 is 1.50 bits per heavy atom. The van der Waals surface area contributed by atoms with Crippen LogP contribution in [0.25, 0.3) is 0 Å². The fraction of sp³-hybridized carbons (Fsp3) is 0.375. The summed E-state index contributed by atoms with van der Waals surface area (Å²) >= 11 is 0. The smallest absolute Gasteiger partial charge is 0.308 e. The average Bonchev–Trinajstić information content (AvgIpc) is 3.04. The molecule has 0 spiro atoms. The van der Waals surface area contributed by atoms with Crippen molar-refractivity contribution in [1.82, 2.24) is 9.80 Å². The van der Waals surface area contributed by atoms with Crippen molar-refractivity contribution in [3.05, 3.63) is 54.1 Å². The number of amides is 2. The van der Waals surface area contributed by atoms with Crippen LogP contribution in [0.1, 0.15) is 30.6 Å². The summed E-state index contributed by atoms with van der Waals surface area (Å²) in [5.74, 6) is 0.972. The predicted octanol–water partition coefficient (Wildman–Crippen LogP) is 2.76. The van der Waals surface area contributed by atoms with Gasteiger partial charge in [0.05, 0.1) is 6.61 Å². The number of hydrogen-bond donors (Lipinski definition) is 0. The highest BCUT2D eigenvalue weighted by Crippen LogP contribution is 2.18. The molecule has 0 unspecified atom stereocenters. The molecule has 1 fully saturated rings. The van der Waals surface area contributed by atoms with E-state index in [1.165, 1.54) is 6.92 Å². The van der Waals surface area contributed by atoms with E-state index in [4.69, 9.17) is 14.2 Å². The van der Waals surface area contributed by atoms with Crippen molar-refractivity contribution in [2.75, 3.05) is 39.4 Å². The van der Waals surface area contributed by atoms with Crippen molar-refractivity contribution >= 4 is 17.8 Å². The topological polar surface area (TPSA) is 85.4 Å². The Bertz CT molecular complexity index is 944. The van der Waals surface area contributed by atoms with Gasteiger partial charge < -0.3 is 24.0 Å². The van der Waals surface area contributed by atoms with E-state index in [2.05, 4.69) is 0 Å². The molecule has 3 rings (SSSR count). The molecule has 2 amide bonds. The molecule has 0 atom stereocenters. The van der Waals surface area contributed by atoms with Gasteiger partial charge in [0, 0.05) is 38.7 Å². The summed E-state index contributed by atoms with van der Waals surface area (Å²) in [6.45, 7) is 5.71. The van der Waals surface area contributed by atoms with Gasteiger partial charge in [-0.2, -0.15) is 0 Å². The van der Waals surface area contributed by atoms with E-state index in [0.717, 1.165) is 5.75 Å². The SMILES string of the molecule is CCOc1ccc(OCC(=O)N2CCCN(C(=O)c3cccc(OC(C)=O)c3)CC2)cc1. The number of nitrogens with zero attached hydrogens (tertiary/aromatic N) is 2. The van der Waals surface area contributed by atoms with Crippen LogP contribution in [0.4, 0.5) is 0 Å². The van der Waals surface area contributed by atoms with E-state index in [0.29, 0.717) is 56.3 Å². The van der Waals surface area contributed by atoms with Crippen molar-refractivity contribution in [1.29, 1.82) is 0 Å². The fourth-order valence-electron chi connectivity index (χ4n) is 3.45. The third-order valence-corrected chi connectivity index (χ3v) is 4.98. The van der Waals surface area contributed by atoms with Gasteiger partial charge in [-0.1, -0.05) is 6.07 Å². The standard InChI is InChI=1S/C24H28N2O6/c1-3-30-20-8-10-21(11-9-20)31-17-23(28)25-12-5-13-26(15-14-25)24(29)19-6-4-7-22(16-19)32-18(2)27/h4,6-11,16H,3,5,12-15,17H2,1-2H3. The minimum Gasteiger partial charge on any atom is -0.494 e. The fourth-order valence-corrected chi connectivity index (χ4v) is 3.45. The number of rotatable bonds is 7. The Labute approximate surface area is 187 Å². The largest absolute Gasteiger partial charge is 0.494 e. The molecule has 0 aliphatic carbocycles. The van der Waals surface area contributed by atoms with Crippen LogP contribution in [0.3, 0.4) is 0 Å². The lowest BCUT2D eigenvalue weighted by Gasteiger charge is -2.22. The summed E-state index contributed by atoms with van der Waals surface area (Å²) in [5, 5.41) is 0. The Kier molecular flexibility index (Phi) is 8.08. The van der Waals surface area contributed by atoms with Gasteiger partial charge in [0.25, 0.3) is 11.8 Å². The average molecular weight is 440 g/mol. The minimum absolute atomic E-state index is 0.0631. The molecule has 32 heavy (non-hydrogen) atoms. The number of carbonyl (C=O) groups excluding carboxylic acids is 3. The first-order chi connectivity index (χ1) is 15.5. The summed E-state index contributed by atoms with van der Waals surface area (Å²) in [5.41, 5.74) is 0.447. The molecule has 1 aliphatic heterocycles. The molecule has 2 aromatic carbocycles. The highest BCUT2D eigenvalue weighted by Gasteiger charge is 2.23. The second-order valence-electron chi connectivity index (χ2n) is 7.34. The van der Waals surface area contributed by atoms with Crippen LogP contribution in [-0.4, -0.2) is 67.0 Å². The zero-order chi connectivity index (χ0) is 22.9. The van der Waals surface area contributed by atoms with Gasteiger partial charge in [0.2, 0.25) is 0 Å². The monoisotopic (exact) mass is 440 g/mol. The van der Waals surface area contributed by atoms with E-state index in [-0.39, 0.29) is 18.4 Å². The zero-order valence-electron chi connectivity index (χ0n) is 18.4. The molecule has 0 N–H and O–H groups in total. The third-order valence-electron chi connectivity index (χ3n) is 4.98. The van der Waals surface area contributed by atoms with Gasteiger partial charge in [-0.05, 0) is 55.8 Å². The van der Waals surface area contributed by atoms with Crippen LogP contribution in [-0.2, 0) is 9.59 Å². The second-order valence-corrected chi connectivity index (χ2v) is 7.34. The number of carbonyl (C=O) groups is 3. The van der Waals surface area contributed by atoms with Crippen LogP contribution >= 0.6 is 0 Å². The van der Waals surface area contributed by atoms with E-state index < -0.39 is 5.97 Å². The second kappa shape index (κ2) is 11.2. The van der Waals surface area contributed by atoms with Gasteiger partial charge in [0.1, 0.15) is 17.2 Å². The molecular weight excluding hydrogens is 412 g/mol. The lowest BCUT2D eigenvalue weighted by atomic mass is 10.2. The summed E-state index contributed by atoms with van der Waals surface area (Å²) in [6, 6.07) is 13.7. The molecule has 2 aromatic rings. The highest BCUT2D eigenvalue weighted by molar-refractivity contribution is 5.94. The first-order valence-corrected chi connectivity index (χ1v) is 10.7. The molecule has 1 saturated heterocycles. The lowest BCUT2D eigenvalue weighted by Crippen LogP contribution is -2.39. The molecule has 0 aromatic heterocycles. The summed E-state index contributed by atoms with van der Waals surface area (Å²) < 4.78 is 16.1. The molecular formula is C24H28N2O6. The van der Waals surface area contributed by atoms with E-state index in [1.54, 1.807) is 58.3 Å². The maximum Gasteiger partial charge on any atom is 0.308 e. The highest BCUT2D eigenvalue weighted by atomic mass is 16.5. The molecule has 1 aliphatic rings. The van der Waals surface area contributed by atoms with Crippen molar-refractivity contribution in [2.45, 2.75) is 20.3 Å². The Hall–Kier alpha value is -3.55. The van der Waals surface area contributed by atoms with Gasteiger partial charge >= 0.3 is 5.97 Å². The van der Waals surface area contributed by atoms with E-state index in [1.807, 2.05) is 6.92 Å². The maximum atomic E-state index is 12.9. The van der Waals surface area contributed by atoms with Crippen molar-refractivity contribution in [3.63, 3.8) is 0 Å². The molecule has 8 nitrogen and oxygen atoms in total. The van der Waals surface area contributed by atoms with E-state index in [9.17, 15) is 14.4 Å². The maximum absolute atomic E-state index is 12.9. The number of ether oxygens (including phenoxy) is 3. The molecule has 0 saturated carbocycles. The number of hydrogen-bond acceptors (Lipinski definition) is 6. The van der Waals surface area contributed by atoms with Crippen LogP contribution in [0.15, 0.2) is 48.5 Å². The van der Waals surface area contributed by atoms with Crippen molar-refractivity contribution < 1.29 is 28.6 Å². The Morgan fingerprint density at radius 3 is 2.19 bits per heavy atom. The molecule has 1 heterocycles. The molecule has 0 radical (unpaired) electrons. The quantitative estimate of drug-likeness (QED) is 0.486. The van der Waals surface area contributed by atoms with Gasteiger partial charge in [-0.3, -0.25) is 14.4 Å². The lowest BCUT2D eigenvalue weighted by molar-refractivity contribution is -0.133. The predicted molar refractivity (Wildman–Crippen MR) is 118 cm³/mol. The molecule has 8 heteroatoms. The van der Waals surface area contributed by atoms with Crippen LogP contribution in [0, 0.1) is 0 Å². The molecule has 0 bridgehead atoms. The Balaban J connectivity index is 1.52. The van der Waals surface area contributed by atoms with Crippen LogP contribution in [0.5, 0.6) is 17.2 Å². The van der Waals surface area contributed by atoms with Crippen molar-refractivity contribution in [3.8, 4) is 17.2 Å². The minimum atomic E-state index is -0.439. The van der Waals surface area contributed by atoms with E-state index >= 15 is 0 Å².